The molecule has 0 spiro atoms. The molecule has 1 fully saturated rings. The van der Waals surface area contributed by atoms with Crippen molar-refractivity contribution in [3.63, 3.8) is 0 Å². The Morgan fingerprint density at radius 3 is 2.32 bits per heavy atom. The first-order chi connectivity index (χ1) is 18.5. The number of imidazole rings is 1. The van der Waals surface area contributed by atoms with Gasteiger partial charge in [-0.25, -0.2) is 4.98 Å². The van der Waals surface area contributed by atoms with E-state index in [9.17, 15) is 9.59 Å². The molecule has 7 nitrogen and oxygen atoms in total. The van der Waals surface area contributed by atoms with Crippen LogP contribution in [-0.4, -0.2) is 35.0 Å². The van der Waals surface area contributed by atoms with Crippen molar-refractivity contribution in [2.24, 2.45) is 0 Å². The van der Waals surface area contributed by atoms with Gasteiger partial charge in [0.05, 0.1) is 18.6 Å². The van der Waals surface area contributed by atoms with Crippen molar-refractivity contribution < 1.29 is 19.1 Å². The minimum Gasteiger partial charge on any atom is -0.497 e. The van der Waals surface area contributed by atoms with Gasteiger partial charge in [-0.1, -0.05) is 67.0 Å². The molecule has 38 heavy (non-hydrogen) atoms. The second-order valence-electron chi connectivity index (χ2n) is 9.32. The minimum absolute atomic E-state index is 0.171. The summed E-state index contributed by atoms with van der Waals surface area (Å²) in [6.07, 6.45) is 10.6. The van der Waals surface area contributed by atoms with Crippen LogP contribution in [0.15, 0.2) is 60.9 Å². The van der Waals surface area contributed by atoms with E-state index in [0.717, 1.165) is 27.1 Å². The monoisotopic (exact) mass is 533 g/mol. The molecule has 0 unspecified atom stereocenters. The normalized spacial score (nSPS) is 13.4. The van der Waals surface area contributed by atoms with E-state index in [-0.39, 0.29) is 11.9 Å². The maximum atomic E-state index is 12.5. The van der Waals surface area contributed by atoms with Crippen molar-refractivity contribution in [3.8, 4) is 16.2 Å². The van der Waals surface area contributed by atoms with Crippen molar-refractivity contribution in [3.05, 3.63) is 77.7 Å². The smallest absolute Gasteiger partial charge is 0.302 e. The lowest BCUT2D eigenvalue weighted by Crippen LogP contribution is -2.23. The zero-order valence-corrected chi connectivity index (χ0v) is 23.1. The van der Waals surface area contributed by atoms with Crippen LogP contribution < -0.4 is 10.1 Å². The van der Waals surface area contributed by atoms with E-state index in [4.69, 9.17) is 4.74 Å². The Balaban J connectivity index is 0.000000505. The second kappa shape index (κ2) is 13.2. The standard InChI is InChI=1S/C26H27N3O2S.C4H8O2/c1-31-22-13-7-18(8-14-22)15-27-25(30)23-16-29-17-24(32-26(29)28-23)21-11-9-20(10-12-21)19-5-3-2-4-6-19;1-3-6-4(2)5/h7-14,16-17,19H,2-6,15H2,1H3,(H,27,30);3H2,1-2H3. The summed E-state index contributed by atoms with van der Waals surface area (Å²) in [7, 11) is 1.64. The molecule has 1 N–H and O–H groups in total. The fraction of sp³-hybridized carbons (Fsp3) is 0.367. The molecular formula is C30H35N3O4S. The average molecular weight is 534 g/mol. The number of hydrogen-bond donors (Lipinski definition) is 1. The molecular weight excluding hydrogens is 498 g/mol. The summed E-state index contributed by atoms with van der Waals surface area (Å²) in [5.74, 6) is 1.14. The number of esters is 1. The summed E-state index contributed by atoms with van der Waals surface area (Å²) in [5, 5.41) is 2.94. The molecule has 8 heteroatoms. The van der Waals surface area contributed by atoms with Crippen molar-refractivity contribution in [1.29, 1.82) is 0 Å². The Morgan fingerprint density at radius 1 is 1.03 bits per heavy atom. The third-order valence-electron chi connectivity index (χ3n) is 6.62. The Labute approximate surface area is 227 Å². The van der Waals surface area contributed by atoms with Gasteiger partial charge in [0.1, 0.15) is 11.4 Å². The number of carbonyl (C=O) groups excluding carboxylic acids is 2. The number of nitrogens with one attached hydrogen (secondary N) is 1. The number of nitrogens with zero attached hydrogens (tertiary/aromatic N) is 2. The Hall–Kier alpha value is -3.65. The summed E-state index contributed by atoms with van der Waals surface area (Å²) in [5.41, 5.74) is 4.11. The molecule has 2 heterocycles. The first kappa shape index (κ1) is 27.4. The fourth-order valence-electron chi connectivity index (χ4n) is 4.61. The molecule has 1 aliphatic carbocycles. The fourth-order valence-corrected chi connectivity index (χ4v) is 5.59. The highest BCUT2D eigenvalue weighted by Crippen LogP contribution is 2.35. The predicted octanol–water partition coefficient (Wildman–Crippen LogP) is 6.62. The van der Waals surface area contributed by atoms with Crippen LogP contribution in [0.4, 0.5) is 0 Å². The number of fused-ring (bicyclic) bond motifs is 1. The maximum Gasteiger partial charge on any atom is 0.302 e. The van der Waals surface area contributed by atoms with Crippen molar-refractivity contribution in [1.82, 2.24) is 14.7 Å². The Kier molecular flexibility index (Phi) is 9.54. The number of aromatic nitrogens is 2. The van der Waals surface area contributed by atoms with Crippen LogP contribution >= 0.6 is 11.3 Å². The molecule has 1 aliphatic rings. The van der Waals surface area contributed by atoms with Gasteiger partial charge in [0.2, 0.25) is 0 Å². The van der Waals surface area contributed by atoms with Gasteiger partial charge in [-0.3, -0.25) is 14.0 Å². The van der Waals surface area contributed by atoms with Gasteiger partial charge in [0, 0.05) is 25.9 Å². The lowest BCUT2D eigenvalue weighted by Gasteiger charge is -2.22. The number of rotatable bonds is 7. The molecule has 0 atom stereocenters. The zero-order valence-electron chi connectivity index (χ0n) is 22.2. The van der Waals surface area contributed by atoms with Crippen LogP contribution in [-0.2, 0) is 16.1 Å². The van der Waals surface area contributed by atoms with Gasteiger partial charge in [0.25, 0.3) is 5.91 Å². The van der Waals surface area contributed by atoms with Crippen molar-refractivity contribution >= 4 is 28.2 Å². The van der Waals surface area contributed by atoms with E-state index in [2.05, 4.69) is 45.5 Å². The van der Waals surface area contributed by atoms with Gasteiger partial charge >= 0.3 is 5.97 Å². The van der Waals surface area contributed by atoms with E-state index in [1.54, 1.807) is 31.6 Å². The van der Waals surface area contributed by atoms with Gasteiger partial charge in [-0.05, 0) is 54.5 Å². The van der Waals surface area contributed by atoms with E-state index in [1.165, 1.54) is 50.2 Å². The molecule has 4 aromatic rings. The van der Waals surface area contributed by atoms with E-state index in [0.29, 0.717) is 18.8 Å². The minimum atomic E-state index is -0.211. The SMILES string of the molecule is CCOC(C)=O.COc1ccc(CNC(=O)c2cn3cc(-c4ccc(C5CCCCC5)cc4)sc3n2)cc1. The molecule has 5 rings (SSSR count). The Morgan fingerprint density at radius 2 is 1.74 bits per heavy atom. The molecule has 0 aliphatic heterocycles. The largest absolute Gasteiger partial charge is 0.497 e. The van der Waals surface area contributed by atoms with E-state index >= 15 is 0 Å². The second-order valence-corrected chi connectivity index (χ2v) is 10.3. The number of ether oxygens (including phenoxy) is 2. The van der Waals surface area contributed by atoms with Gasteiger partial charge in [-0.15, -0.1) is 0 Å². The molecule has 1 amide bonds. The quantitative estimate of drug-likeness (QED) is 0.270. The molecule has 0 bridgehead atoms. The van der Waals surface area contributed by atoms with E-state index in [1.807, 2.05) is 28.7 Å². The summed E-state index contributed by atoms with van der Waals surface area (Å²) in [4.78, 5) is 28.9. The first-order valence-electron chi connectivity index (χ1n) is 13.1. The molecule has 0 radical (unpaired) electrons. The van der Waals surface area contributed by atoms with Gasteiger partial charge in [0.15, 0.2) is 4.96 Å². The summed E-state index contributed by atoms with van der Waals surface area (Å²) >= 11 is 1.61. The molecule has 200 valence electrons. The molecule has 2 aromatic carbocycles. The maximum absolute atomic E-state index is 12.5. The summed E-state index contributed by atoms with van der Waals surface area (Å²) in [6, 6.07) is 16.7. The van der Waals surface area contributed by atoms with Crippen LogP contribution in [0.25, 0.3) is 15.4 Å². The van der Waals surface area contributed by atoms with E-state index < -0.39 is 0 Å². The van der Waals surface area contributed by atoms with Crippen molar-refractivity contribution in [2.75, 3.05) is 13.7 Å². The molecule has 2 aromatic heterocycles. The average Bonchev–Trinajstić information content (AvgIpc) is 3.53. The highest BCUT2D eigenvalue weighted by molar-refractivity contribution is 7.20. The highest BCUT2D eigenvalue weighted by Gasteiger charge is 2.16. The molecule has 0 saturated heterocycles. The number of carbonyl (C=O) groups is 2. The Bertz CT molecular complexity index is 1300. The van der Waals surface area contributed by atoms with Crippen LogP contribution in [0.2, 0.25) is 0 Å². The third kappa shape index (κ3) is 7.22. The van der Waals surface area contributed by atoms with Crippen LogP contribution in [0.3, 0.4) is 0 Å². The number of hydrogen-bond acceptors (Lipinski definition) is 6. The van der Waals surface area contributed by atoms with Gasteiger partial charge < -0.3 is 14.8 Å². The first-order valence-corrected chi connectivity index (χ1v) is 13.9. The summed E-state index contributed by atoms with van der Waals surface area (Å²) < 4.78 is 11.5. The lowest BCUT2D eigenvalue weighted by atomic mass is 9.84. The molecule has 1 saturated carbocycles. The topological polar surface area (TPSA) is 81.9 Å². The third-order valence-corrected chi connectivity index (χ3v) is 7.67. The predicted molar refractivity (Wildman–Crippen MR) is 151 cm³/mol. The number of amides is 1. The number of methoxy groups -OCH3 is 1. The van der Waals surface area contributed by atoms with Crippen LogP contribution in [0, 0.1) is 0 Å². The van der Waals surface area contributed by atoms with Crippen molar-refractivity contribution in [2.45, 2.75) is 58.4 Å². The highest BCUT2D eigenvalue weighted by atomic mass is 32.1. The number of benzene rings is 2. The number of thiazole rings is 1. The zero-order chi connectivity index (χ0) is 26.9. The van der Waals surface area contributed by atoms with Crippen LogP contribution in [0.1, 0.15) is 73.5 Å². The van der Waals surface area contributed by atoms with Gasteiger partial charge in [-0.2, -0.15) is 0 Å². The lowest BCUT2D eigenvalue weighted by molar-refractivity contribution is -0.140. The summed E-state index contributed by atoms with van der Waals surface area (Å²) in [6.45, 7) is 4.10. The van der Waals surface area contributed by atoms with Crippen LogP contribution in [0.5, 0.6) is 5.75 Å².